The summed E-state index contributed by atoms with van der Waals surface area (Å²) >= 11 is 0. The van der Waals surface area contributed by atoms with Gasteiger partial charge in [0.15, 0.2) is 0 Å². The smallest absolute Gasteiger partial charge is 0.325 e. The molecule has 1 aromatic heterocycles. The zero-order valence-electron chi connectivity index (χ0n) is 17.3. The number of nitrogens with one attached hydrogen (secondary N) is 1. The molecule has 9 nitrogen and oxygen atoms in total. The monoisotopic (exact) mass is 448 g/mol. The summed E-state index contributed by atoms with van der Waals surface area (Å²) in [6.07, 6.45) is -0.863. The summed E-state index contributed by atoms with van der Waals surface area (Å²) in [5.74, 6) is -6.37. The molecule has 4 unspecified atom stereocenters. The number of carbonyl (C=O) groups excluding carboxylic acids is 2. The normalized spacial score (nSPS) is 26.7. The van der Waals surface area contributed by atoms with E-state index in [0.717, 1.165) is 10.3 Å². The number of carboxylic acid groups (broad SMARTS) is 2. The van der Waals surface area contributed by atoms with Crippen LogP contribution in [0.4, 0.5) is 0 Å². The summed E-state index contributed by atoms with van der Waals surface area (Å²) < 4.78 is 5.89. The predicted molar refractivity (Wildman–Crippen MR) is 114 cm³/mol. The van der Waals surface area contributed by atoms with Crippen LogP contribution >= 0.6 is 0 Å². The number of aliphatic carboxylic acids is 2. The van der Waals surface area contributed by atoms with E-state index >= 15 is 0 Å². The Bertz CT molecular complexity index is 1250. The Balaban J connectivity index is 1.61. The third kappa shape index (κ3) is 3.20. The minimum Gasteiger partial charge on any atom is -0.481 e. The van der Waals surface area contributed by atoms with Crippen LogP contribution in [0.2, 0.25) is 0 Å². The van der Waals surface area contributed by atoms with Gasteiger partial charge in [-0.1, -0.05) is 48.5 Å². The van der Waals surface area contributed by atoms with E-state index in [1.165, 1.54) is 0 Å². The molecule has 168 valence electrons. The number of carbonyl (C=O) groups is 4. The number of nitrogens with zero attached hydrogens (tertiary/aromatic N) is 1. The zero-order chi connectivity index (χ0) is 23.3. The zero-order valence-corrected chi connectivity index (χ0v) is 17.3. The first-order valence-corrected chi connectivity index (χ1v) is 10.4. The first-order valence-electron chi connectivity index (χ1n) is 10.4. The second-order valence-corrected chi connectivity index (χ2v) is 8.41. The first-order chi connectivity index (χ1) is 15.8. The third-order valence-corrected chi connectivity index (χ3v) is 6.49. The molecule has 0 saturated carbocycles. The van der Waals surface area contributed by atoms with Crippen molar-refractivity contribution in [3.8, 4) is 0 Å². The minimum atomic E-state index is -2.15. The Labute approximate surface area is 187 Å². The van der Waals surface area contributed by atoms with Crippen LogP contribution in [0.3, 0.4) is 0 Å². The number of rotatable bonds is 6. The van der Waals surface area contributed by atoms with Crippen LogP contribution in [-0.2, 0) is 25.7 Å². The number of imide groups is 1. The molecule has 2 saturated heterocycles. The maximum atomic E-state index is 13.5. The lowest BCUT2D eigenvalue weighted by molar-refractivity contribution is -0.156. The molecule has 0 bridgehead atoms. The standard InChI is InChI=1S/C24H20N2O7/c27-17(28)11-24(23(31)32)19-18(20(25-24)16-10-14-8-4-5-9-15(14)33-16)21(29)26(22(19)30)12-13-6-2-1-3-7-13/h1-10,18-20,25H,11-12H2,(H,27,28)(H,31,32). The van der Waals surface area contributed by atoms with Crippen LogP contribution in [0.25, 0.3) is 11.0 Å². The average molecular weight is 448 g/mol. The van der Waals surface area contributed by atoms with E-state index in [1.54, 1.807) is 54.6 Å². The van der Waals surface area contributed by atoms with Gasteiger partial charge in [-0.2, -0.15) is 0 Å². The summed E-state index contributed by atoms with van der Waals surface area (Å²) in [7, 11) is 0. The van der Waals surface area contributed by atoms with Gasteiger partial charge < -0.3 is 14.6 Å². The summed E-state index contributed by atoms with van der Waals surface area (Å²) in [6, 6.07) is 16.7. The summed E-state index contributed by atoms with van der Waals surface area (Å²) in [4.78, 5) is 52.0. The third-order valence-electron chi connectivity index (χ3n) is 6.49. The highest BCUT2D eigenvalue weighted by atomic mass is 16.4. The number of furan rings is 1. The van der Waals surface area contributed by atoms with Gasteiger partial charge in [-0.25, -0.2) is 0 Å². The van der Waals surface area contributed by atoms with Gasteiger partial charge in [0.05, 0.1) is 30.8 Å². The number of hydrogen-bond acceptors (Lipinski definition) is 6. The van der Waals surface area contributed by atoms with Gasteiger partial charge in [-0.3, -0.25) is 29.4 Å². The highest BCUT2D eigenvalue weighted by Crippen LogP contribution is 2.51. The number of hydrogen-bond donors (Lipinski definition) is 3. The quantitative estimate of drug-likeness (QED) is 0.488. The SMILES string of the molecule is O=C(O)CC1(C(=O)O)NC(c2cc3ccccc3o2)C2C(=O)N(Cc3ccccc3)C(=O)C21. The van der Waals surface area contributed by atoms with E-state index in [9.17, 15) is 29.4 Å². The van der Waals surface area contributed by atoms with Crippen LogP contribution in [0.1, 0.15) is 23.8 Å². The lowest BCUT2D eigenvalue weighted by Crippen LogP contribution is -2.56. The molecule has 2 aliphatic rings. The Morgan fingerprint density at radius 2 is 1.70 bits per heavy atom. The summed E-state index contributed by atoms with van der Waals surface area (Å²) in [5, 5.41) is 23.2. The van der Waals surface area contributed by atoms with Gasteiger partial charge in [0.1, 0.15) is 16.9 Å². The summed E-state index contributed by atoms with van der Waals surface area (Å²) in [5.41, 5.74) is -0.917. The van der Waals surface area contributed by atoms with E-state index in [4.69, 9.17) is 4.42 Å². The molecular weight excluding hydrogens is 428 g/mol. The van der Waals surface area contributed by atoms with E-state index in [0.29, 0.717) is 11.1 Å². The molecule has 3 N–H and O–H groups in total. The molecule has 2 fully saturated rings. The summed E-state index contributed by atoms with van der Waals surface area (Å²) in [6.45, 7) is -0.0267. The number of para-hydroxylation sites is 1. The van der Waals surface area contributed by atoms with E-state index in [1.807, 2.05) is 6.07 Å². The van der Waals surface area contributed by atoms with Gasteiger partial charge in [0.25, 0.3) is 0 Å². The van der Waals surface area contributed by atoms with E-state index in [-0.39, 0.29) is 12.3 Å². The lowest BCUT2D eigenvalue weighted by Gasteiger charge is -2.29. The van der Waals surface area contributed by atoms with Crippen molar-refractivity contribution in [3.63, 3.8) is 0 Å². The van der Waals surface area contributed by atoms with Crippen molar-refractivity contribution in [2.75, 3.05) is 0 Å². The topological polar surface area (TPSA) is 137 Å². The number of amides is 2. The van der Waals surface area contributed by atoms with Crippen molar-refractivity contribution in [2.24, 2.45) is 11.8 Å². The molecule has 0 aliphatic carbocycles. The van der Waals surface area contributed by atoms with Crippen molar-refractivity contribution >= 4 is 34.7 Å². The van der Waals surface area contributed by atoms with Crippen molar-refractivity contribution < 1.29 is 33.8 Å². The predicted octanol–water partition coefficient (Wildman–Crippen LogP) is 2.18. The highest BCUT2D eigenvalue weighted by Gasteiger charge is 2.69. The van der Waals surface area contributed by atoms with Crippen molar-refractivity contribution in [2.45, 2.75) is 24.5 Å². The molecule has 2 amide bonds. The molecule has 33 heavy (non-hydrogen) atoms. The van der Waals surface area contributed by atoms with Crippen LogP contribution in [0, 0.1) is 11.8 Å². The Morgan fingerprint density at radius 3 is 2.36 bits per heavy atom. The maximum Gasteiger partial charge on any atom is 0.325 e. The number of benzene rings is 2. The molecular formula is C24H20N2O7. The van der Waals surface area contributed by atoms with Crippen LogP contribution in [0.5, 0.6) is 0 Å². The highest BCUT2D eigenvalue weighted by molar-refractivity contribution is 6.10. The lowest BCUT2D eigenvalue weighted by atomic mass is 9.78. The number of fused-ring (bicyclic) bond motifs is 2. The molecule has 3 aromatic rings. The van der Waals surface area contributed by atoms with Crippen LogP contribution < -0.4 is 5.32 Å². The van der Waals surface area contributed by atoms with Gasteiger partial charge in [-0.05, 0) is 17.7 Å². The molecule has 3 heterocycles. The molecule has 0 spiro atoms. The van der Waals surface area contributed by atoms with Crippen LogP contribution in [0.15, 0.2) is 65.1 Å². The minimum absolute atomic E-state index is 0.0267. The Kier molecular flexibility index (Phi) is 4.79. The molecule has 5 rings (SSSR count). The van der Waals surface area contributed by atoms with E-state index < -0.39 is 53.6 Å². The first kappa shape index (κ1) is 20.9. The maximum absolute atomic E-state index is 13.5. The molecule has 4 atom stereocenters. The van der Waals surface area contributed by atoms with Crippen molar-refractivity contribution in [3.05, 3.63) is 72.0 Å². The van der Waals surface area contributed by atoms with Crippen molar-refractivity contribution in [1.82, 2.24) is 10.2 Å². The van der Waals surface area contributed by atoms with Gasteiger partial charge in [-0.15, -0.1) is 0 Å². The molecule has 2 aromatic carbocycles. The van der Waals surface area contributed by atoms with Crippen molar-refractivity contribution in [1.29, 1.82) is 0 Å². The molecule has 0 radical (unpaired) electrons. The second kappa shape index (κ2) is 7.56. The Morgan fingerprint density at radius 1 is 1.00 bits per heavy atom. The number of carboxylic acids is 2. The fraction of sp³-hybridized carbons (Fsp3) is 0.250. The van der Waals surface area contributed by atoms with Gasteiger partial charge in [0.2, 0.25) is 11.8 Å². The van der Waals surface area contributed by atoms with E-state index in [2.05, 4.69) is 5.32 Å². The second-order valence-electron chi connectivity index (χ2n) is 8.41. The average Bonchev–Trinajstić information content (AvgIpc) is 3.43. The Hall–Kier alpha value is -3.98. The molecule has 9 heteroatoms. The largest absolute Gasteiger partial charge is 0.481 e. The van der Waals surface area contributed by atoms with Gasteiger partial charge in [0, 0.05) is 5.39 Å². The van der Waals surface area contributed by atoms with Gasteiger partial charge >= 0.3 is 11.9 Å². The number of likely N-dealkylation sites (tertiary alicyclic amines) is 1. The van der Waals surface area contributed by atoms with Crippen LogP contribution in [-0.4, -0.2) is 44.4 Å². The molecule has 2 aliphatic heterocycles. The fourth-order valence-corrected chi connectivity index (χ4v) is 5.06. The fourth-order valence-electron chi connectivity index (χ4n) is 5.06.